The van der Waals surface area contributed by atoms with Gasteiger partial charge in [0.05, 0.1) is 12.8 Å². The molecular formula is C41H33NO. The Bertz CT molecular complexity index is 1830. The monoisotopic (exact) mass is 555 g/mol. The van der Waals surface area contributed by atoms with Crippen molar-refractivity contribution in [1.29, 1.82) is 0 Å². The van der Waals surface area contributed by atoms with Gasteiger partial charge in [0.1, 0.15) is 5.75 Å². The van der Waals surface area contributed by atoms with E-state index in [1.54, 1.807) is 7.11 Å². The van der Waals surface area contributed by atoms with Crippen molar-refractivity contribution in [3.63, 3.8) is 0 Å². The molecule has 2 nitrogen and oxygen atoms in total. The third-order valence-electron chi connectivity index (χ3n) is 7.45. The molecule has 0 fully saturated rings. The smallest absolute Gasteiger partial charge is 0.119 e. The molecule has 6 aromatic rings. The van der Waals surface area contributed by atoms with Crippen molar-refractivity contribution < 1.29 is 4.74 Å². The minimum absolute atomic E-state index is 0.827. The molecule has 0 unspecified atom stereocenters. The van der Waals surface area contributed by atoms with Gasteiger partial charge in [0.2, 0.25) is 0 Å². The Kier molecular flexibility index (Phi) is 8.57. The van der Waals surface area contributed by atoms with Gasteiger partial charge in [-0.25, -0.2) is 0 Å². The number of hydrogen-bond donors (Lipinski definition) is 0. The topological polar surface area (TPSA) is 12.5 Å². The number of fused-ring (bicyclic) bond motifs is 1. The summed E-state index contributed by atoms with van der Waals surface area (Å²) in [6.07, 6.45) is 10.8. The van der Waals surface area contributed by atoms with Gasteiger partial charge in [-0.05, 0) is 58.0 Å². The lowest BCUT2D eigenvalue weighted by molar-refractivity contribution is 0.415. The van der Waals surface area contributed by atoms with E-state index in [1.807, 2.05) is 18.2 Å². The standard InChI is InChI=1S/C41H33NO/c1-43-37-28-26-36(27-29-37)42(31-40(33-18-7-3-8-19-33)34-20-9-4-10-21-34)41-30-25-35(38-23-13-14-24-39(38)41)22-12-11-17-32-15-5-2-6-16-32/h2-31H,1H3/b17-11+,22-12+. The number of benzene rings is 6. The van der Waals surface area contributed by atoms with E-state index in [4.69, 9.17) is 4.74 Å². The van der Waals surface area contributed by atoms with Crippen LogP contribution in [0.25, 0.3) is 28.5 Å². The van der Waals surface area contributed by atoms with Crippen LogP contribution < -0.4 is 9.64 Å². The first-order valence-corrected chi connectivity index (χ1v) is 14.5. The highest BCUT2D eigenvalue weighted by atomic mass is 16.5. The van der Waals surface area contributed by atoms with Crippen molar-refractivity contribution in [3.8, 4) is 5.75 Å². The molecule has 208 valence electrons. The molecule has 0 saturated heterocycles. The molecular weight excluding hydrogens is 522 g/mol. The van der Waals surface area contributed by atoms with E-state index in [9.17, 15) is 0 Å². The molecule has 0 aliphatic carbocycles. The van der Waals surface area contributed by atoms with E-state index >= 15 is 0 Å². The SMILES string of the molecule is COc1ccc(N(C=C(c2ccccc2)c2ccccc2)c2ccc(/C=C/C=C/c3ccccc3)c3ccccc23)cc1. The van der Waals surface area contributed by atoms with Crippen LogP contribution in [-0.4, -0.2) is 7.11 Å². The first-order chi connectivity index (χ1) is 21.3. The number of nitrogens with zero attached hydrogens (tertiary/aromatic N) is 1. The summed E-state index contributed by atoms with van der Waals surface area (Å²) in [7, 11) is 1.70. The third-order valence-corrected chi connectivity index (χ3v) is 7.45. The summed E-state index contributed by atoms with van der Waals surface area (Å²) in [6.45, 7) is 0. The average molecular weight is 556 g/mol. The second kappa shape index (κ2) is 13.4. The molecule has 0 aromatic heterocycles. The predicted octanol–water partition coefficient (Wildman–Crippen LogP) is 10.8. The van der Waals surface area contributed by atoms with Gasteiger partial charge in [-0.3, -0.25) is 0 Å². The predicted molar refractivity (Wildman–Crippen MR) is 184 cm³/mol. The van der Waals surface area contributed by atoms with E-state index in [1.165, 1.54) is 21.9 Å². The molecule has 0 saturated carbocycles. The largest absolute Gasteiger partial charge is 0.497 e. The van der Waals surface area contributed by atoms with Crippen LogP contribution in [-0.2, 0) is 0 Å². The fourth-order valence-corrected chi connectivity index (χ4v) is 5.26. The second-order valence-electron chi connectivity index (χ2n) is 10.2. The lowest BCUT2D eigenvalue weighted by Crippen LogP contribution is -2.11. The maximum Gasteiger partial charge on any atom is 0.119 e. The molecule has 0 spiro atoms. The van der Waals surface area contributed by atoms with Crippen molar-refractivity contribution in [2.24, 2.45) is 0 Å². The Morgan fingerprint density at radius 1 is 0.535 bits per heavy atom. The van der Waals surface area contributed by atoms with Crippen LogP contribution in [0.1, 0.15) is 22.3 Å². The van der Waals surface area contributed by atoms with Crippen LogP contribution in [0, 0.1) is 0 Å². The van der Waals surface area contributed by atoms with Crippen LogP contribution in [0.4, 0.5) is 11.4 Å². The van der Waals surface area contributed by atoms with E-state index in [0.717, 1.165) is 33.8 Å². The summed E-state index contributed by atoms with van der Waals surface area (Å²) in [5.41, 5.74) is 7.94. The molecule has 0 aliphatic heterocycles. The highest BCUT2D eigenvalue weighted by Gasteiger charge is 2.15. The van der Waals surface area contributed by atoms with Gasteiger partial charge in [0, 0.05) is 22.8 Å². The first-order valence-electron chi connectivity index (χ1n) is 14.5. The van der Waals surface area contributed by atoms with Gasteiger partial charge in [-0.2, -0.15) is 0 Å². The molecule has 2 heteroatoms. The average Bonchev–Trinajstić information content (AvgIpc) is 3.09. The van der Waals surface area contributed by atoms with E-state index in [2.05, 4.69) is 169 Å². The zero-order valence-corrected chi connectivity index (χ0v) is 24.2. The molecule has 0 atom stereocenters. The number of allylic oxidation sites excluding steroid dienone is 2. The zero-order chi connectivity index (χ0) is 29.3. The number of methoxy groups -OCH3 is 1. The Hall–Kier alpha value is -5.60. The van der Waals surface area contributed by atoms with E-state index in [-0.39, 0.29) is 0 Å². The molecule has 0 radical (unpaired) electrons. The molecule has 0 amide bonds. The lowest BCUT2D eigenvalue weighted by Gasteiger charge is -2.25. The Morgan fingerprint density at radius 3 is 1.72 bits per heavy atom. The Labute approximate surface area is 254 Å². The van der Waals surface area contributed by atoms with E-state index < -0.39 is 0 Å². The number of anilines is 2. The third kappa shape index (κ3) is 6.50. The molecule has 6 rings (SSSR count). The minimum atomic E-state index is 0.827. The summed E-state index contributed by atoms with van der Waals surface area (Å²) in [5.74, 6) is 0.827. The van der Waals surface area contributed by atoms with Crippen LogP contribution in [0.3, 0.4) is 0 Å². The number of rotatable bonds is 9. The summed E-state index contributed by atoms with van der Waals surface area (Å²) in [4.78, 5) is 2.29. The maximum absolute atomic E-state index is 5.49. The molecule has 43 heavy (non-hydrogen) atoms. The number of ether oxygens (including phenoxy) is 1. The zero-order valence-electron chi connectivity index (χ0n) is 24.2. The highest BCUT2D eigenvalue weighted by Crippen LogP contribution is 2.37. The van der Waals surface area contributed by atoms with Gasteiger partial charge in [-0.1, -0.05) is 146 Å². The fraction of sp³-hybridized carbons (Fsp3) is 0.0244. The maximum atomic E-state index is 5.49. The Balaban J connectivity index is 1.49. The normalized spacial score (nSPS) is 11.2. The van der Waals surface area contributed by atoms with Gasteiger partial charge in [0.15, 0.2) is 0 Å². The molecule has 0 N–H and O–H groups in total. The van der Waals surface area contributed by atoms with Gasteiger partial charge < -0.3 is 9.64 Å². The van der Waals surface area contributed by atoms with E-state index in [0.29, 0.717) is 0 Å². The summed E-state index contributed by atoms with van der Waals surface area (Å²) in [6, 6.07) is 52.8. The minimum Gasteiger partial charge on any atom is -0.497 e. The van der Waals surface area contributed by atoms with Crippen LogP contribution >= 0.6 is 0 Å². The van der Waals surface area contributed by atoms with Gasteiger partial charge in [-0.15, -0.1) is 0 Å². The second-order valence-corrected chi connectivity index (χ2v) is 10.2. The first kappa shape index (κ1) is 27.6. The summed E-state index contributed by atoms with van der Waals surface area (Å²) in [5, 5.41) is 2.36. The van der Waals surface area contributed by atoms with Gasteiger partial charge in [0.25, 0.3) is 0 Å². The Morgan fingerprint density at radius 2 is 1.09 bits per heavy atom. The molecule has 0 aliphatic rings. The summed E-state index contributed by atoms with van der Waals surface area (Å²) < 4.78 is 5.49. The van der Waals surface area contributed by atoms with Crippen molar-refractivity contribution in [1.82, 2.24) is 0 Å². The highest BCUT2D eigenvalue weighted by molar-refractivity contribution is 6.02. The van der Waals surface area contributed by atoms with Crippen molar-refractivity contribution in [2.75, 3.05) is 12.0 Å². The molecule has 6 aromatic carbocycles. The molecule has 0 bridgehead atoms. The van der Waals surface area contributed by atoms with Crippen molar-refractivity contribution >= 4 is 39.9 Å². The van der Waals surface area contributed by atoms with Crippen LogP contribution in [0.2, 0.25) is 0 Å². The molecule has 0 heterocycles. The fourth-order valence-electron chi connectivity index (χ4n) is 5.26. The lowest BCUT2D eigenvalue weighted by atomic mass is 9.97. The van der Waals surface area contributed by atoms with Crippen molar-refractivity contribution in [3.05, 3.63) is 192 Å². The van der Waals surface area contributed by atoms with Crippen LogP contribution in [0.15, 0.2) is 170 Å². The van der Waals surface area contributed by atoms with Crippen molar-refractivity contribution in [2.45, 2.75) is 0 Å². The number of hydrogen-bond acceptors (Lipinski definition) is 2. The summed E-state index contributed by atoms with van der Waals surface area (Å²) >= 11 is 0. The van der Waals surface area contributed by atoms with Crippen LogP contribution in [0.5, 0.6) is 5.75 Å². The van der Waals surface area contributed by atoms with Gasteiger partial charge >= 0.3 is 0 Å². The quantitative estimate of drug-likeness (QED) is 0.165.